The summed E-state index contributed by atoms with van der Waals surface area (Å²) in [5.74, 6) is 1.23. The average Bonchev–Trinajstić information content (AvgIpc) is 2.35. The Morgan fingerprint density at radius 3 is 2.88 bits per heavy atom. The summed E-state index contributed by atoms with van der Waals surface area (Å²) in [6, 6.07) is 3.62. The number of nitrogens with two attached hydrogens (primary N) is 1. The number of pyridine rings is 1. The van der Waals surface area contributed by atoms with Crippen LogP contribution in [0.4, 0.5) is 11.5 Å². The van der Waals surface area contributed by atoms with Gasteiger partial charge in [0.2, 0.25) is 5.88 Å². The quantitative estimate of drug-likeness (QED) is 0.760. The van der Waals surface area contributed by atoms with Gasteiger partial charge < -0.3 is 20.5 Å². The highest BCUT2D eigenvalue weighted by atomic mass is 16.5. The second-order valence-corrected chi connectivity index (χ2v) is 3.87. The van der Waals surface area contributed by atoms with E-state index in [1.165, 1.54) is 0 Å². The minimum atomic E-state index is 0.134. The Morgan fingerprint density at radius 1 is 1.47 bits per heavy atom. The number of aromatic nitrogens is 1. The van der Waals surface area contributed by atoms with Gasteiger partial charge in [-0.25, -0.2) is 0 Å². The lowest BCUT2D eigenvalue weighted by atomic mass is 10.3. The van der Waals surface area contributed by atoms with Crippen LogP contribution < -0.4 is 15.8 Å². The normalized spacial score (nSPS) is 12.2. The number of rotatable bonds is 7. The summed E-state index contributed by atoms with van der Waals surface area (Å²) in [7, 11) is 1.68. The van der Waals surface area contributed by atoms with Crippen molar-refractivity contribution in [2.24, 2.45) is 0 Å². The Labute approximate surface area is 102 Å². The molecule has 0 aliphatic rings. The maximum atomic E-state index is 5.77. The minimum Gasteiger partial charge on any atom is -0.476 e. The molecule has 1 aromatic rings. The van der Waals surface area contributed by atoms with Gasteiger partial charge in [0, 0.05) is 13.7 Å². The first-order chi connectivity index (χ1) is 8.17. The zero-order chi connectivity index (χ0) is 12.7. The van der Waals surface area contributed by atoms with Gasteiger partial charge in [0.05, 0.1) is 18.4 Å². The van der Waals surface area contributed by atoms with E-state index >= 15 is 0 Å². The monoisotopic (exact) mass is 239 g/mol. The third kappa shape index (κ3) is 4.48. The molecule has 3 N–H and O–H groups in total. The summed E-state index contributed by atoms with van der Waals surface area (Å²) in [4.78, 5) is 4.30. The van der Waals surface area contributed by atoms with Crippen molar-refractivity contribution in [3.63, 3.8) is 0 Å². The summed E-state index contributed by atoms with van der Waals surface area (Å²) < 4.78 is 10.6. The lowest BCUT2D eigenvalue weighted by Crippen LogP contribution is -2.18. The zero-order valence-corrected chi connectivity index (χ0v) is 10.7. The van der Waals surface area contributed by atoms with Crippen molar-refractivity contribution in [3.05, 3.63) is 12.1 Å². The highest BCUT2D eigenvalue weighted by Crippen LogP contribution is 2.20. The molecular weight excluding hydrogens is 218 g/mol. The molecule has 0 radical (unpaired) electrons. The van der Waals surface area contributed by atoms with Crippen LogP contribution in [-0.4, -0.2) is 31.3 Å². The van der Waals surface area contributed by atoms with Gasteiger partial charge >= 0.3 is 0 Å². The molecule has 0 aliphatic heterocycles. The molecule has 0 saturated heterocycles. The predicted octanol–water partition coefficient (Wildman–Crippen LogP) is 1.90. The lowest BCUT2D eigenvalue weighted by Gasteiger charge is -2.13. The van der Waals surface area contributed by atoms with Crippen molar-refractivity contribution in [2.45, 2.75) is 26.4 Å². The van der Waals surface area contributed by atoms with Crippen molar-refractivity contribution < 1.29 is 9.47 Å². The SMILES string of the molecule is CCCOc1nc(NCC(C)OC)ccc1N. The Balaban J connectivity index is 2.61. The molecule has 0 saturated carbocycles. The third-order valence-electron chi connectivity index (χ3n) is 2.31. The first-order valence-corrected chi connectivity index (χ1v) is 5.83. The van der Waals surface area contributed by atoms with E-state index in [1.807, 2.05) is 19.9 Å². The van der Waals surface area contributed by atoms with E-state index in [1.54, 1.807) is 13.2 Å². The molecule has 1 atom stereocenters. The molecule has 0 bridgehead atoms. The van der Waals surface area contributed by atoms with Crippen molar-refractivity contribution >= 4 is 11.5 Å². The fourth-order valence-corrected chi connectivity index (χ4v) is 1.20. The fraction of sp³-hybridized carbons (Fsp3) is 0.583. The van der Waals surface area contributed by atoms with E-state index < -0.39 is 0 Å². The molecule has 17 heavy (non-hydrogen) atoms. The molecule has 1 heterocycles. The number of nitrogens with one attached hydrogen (secondary N) is 1. The molecule has 0 aromatic carbocycles. The van der Waals surface area contributed by atoms with Crippen LogP contribution in [0.25, 0.3) is 0 Å². The van der Waals surface area contributed by atoms with Crippen LogP contribution in [0.5, 0.6) is 5.88 Å². The van der Waals surface area contributed by atoms with Gasteiger partial charge in [-0.2, -0.15) is 4.98 Å². The van der Waals surface area contributed by atoms with E-state index in [9.17, 15) is 0 Å². The van der Waals surface area contributed by atoms with Gasteiger partial charge in [-0.05, 0) is 25.5 Å². The standard InChI is InChI=1S/C12H21N3O2/c1-4-7-17-12-10(13)5-6-11(15-12)14-8-9(2)16-3/h5-6,9H,4,7-8,13H2,1-3H3,(H,14,15). The predicted molar refractivity (Wildman–Crippen MR) is 69.4 cm³/mol. The Hall–Kier alpha value is -1.49. The molecule has 0 aliphatic carbocycles. The van der Waals surface area contributed by atoms with Crippen molar-refractivity contribution in [2.75, 3.05) is 31.3 Å². The largest absolute Gasteiger partial charge is 0.476 e. The van der Waals surface area contributed by atoms with Crippen LogP contribution >= 0.6 is 0 Å². The van der Waals surface area contributed by atoms with Crippen LogP contribution in [-0.2, 0) is 4.74 Å². The molecular formula is C12H21N3O2. The Morgan fingerprint density at radius 2 is 2.24 bits per heavy atom. The van der Waals surface area contributed by atoms with Crippen LogP contribution in [0.15, 0.2) is 12.1 Å². The number of methoxy groups -OCH3 is 1. The van der Waals surface area contributed by atoms with Crippen molar-refractivity contribution in [3.8, 4) is 5.88 Å². The number of ether oxygens (including phenoxy) is 2. The second kappa shape index (κ2) is 6.96. The first kappa shape index (κ1) is 13.6. The van der Waals surface area contributed by atoms with Crippen LogP contribution in [0.3, 0.4) is 0 Å². The number of anilines is 2. The maximum Gasteiger partial charge on any atom is 0.239 e. The molecule has 0 amide bonds. The van der Waals surface area contributed by atoms with Crippen LogP contribution in [0, 0.1) is 0 Å². The summed E-state index contributed by atoms with van der Waals surface area (Å²) in [6.45, 7) is 5.34. The number of hydrogen-bond acceptors (Lipinski definition) is 5. The van der Waals surface area contributed by atoms with E-state index in [2.05, 4.69) is 10.3 Å². The van der Waals surface area contributed by atoms with Gasteiger partial charge in [0.25, 0.3) is 0 Å². The van der Waals surface area contributed by atoms with Crippen LogP contribution in [0.1, 0.15) is 20.3 Å². The molecule has 0 fully saturated rings. The van der Waals surface area contributed by atoms with E-state index in [4.69, 9.17) is 15.2 Å². The van der Waals surface area contributed by atoms with Gasteiger partial charge in [-0.1, -0.05) is 6.92 Å². The third-order valence-corrected chi connectivity index (χ3v) is 2.31. The van der Waals surface area contributed by atoms with Gasteiger partial charge in [-0.15, -0.1) is 0 Å². The van der Waals surface area contributed by atoms with Gasteiger partial charge in [-0.3, -0.25) is 0 Å². The van der Waals surface area contributed by atoms with E-state index in [0.29, 0.717) is 24.7 Å². The number of nitrogen functional groups attached to an aromatic ring is 1. The highest BCUT2D eigenvalue weighted by Gasteiger charge is 2.05. The Kier molecular flexibility index (Phi) is 5.56. The zero-order valence-electron chi connectivity index (χ0n) is 10.7. The summed E-state index contributed by atoms with van der Waals surface area (Å²) in [5.41, 5.74) is 6.33. The number of hydrogen-bond donors (Lipinski definition) is 2. The van der Waals surface area contributed by atoms with Crippen molar-refractivity contribution in [1.82, 2.24) is 4.98 Å². The van der Waals surface area contributed by atoms with Gasteiger partial charge in [0.1, 0.15) is 5.82 Å². The molecule has 5 heteroatoms. The van der Waals surface area contributed by atoms with Gasteiger partial charge in [0.15, 0.2) is 0 Å². The lowest BCUT2D eigenvalue weighted by molar-refractivity contribution is 0.128. The van der Waals surface area contributed by atoms with E-state index in [0.717, 1.165) is 12.2 Å². The molecule has 0 spiro atoms. The molecule has 5 nitrogen and oxygen atoms in total. The maximum absolute atomic E-state index is 5.77. The number of nitrogens with zero attached hydrogens (tertiary/aromatic N) is 1. The van der Waals surface area contributed by atoms with Crippen LogP contribution in [0.2, 0.25) is 0 Å². The fourth-order valence-electron chi connectivity index (χ4n) is 1.20. The molecule has 1 rings (SSSR count). The minimum absolute atomic E-state index is 0.134. The molecule has 1 unspecified atom stereocenters. The summed E-state index contributed by atoms with van der Waals surface area (Å²) in [6.07, 6.45) is 1.06. The molecule has 1 aromatic heterocycles. The molecule has 96 valence electrons. The second-order valence-electron chi connectivity index (χ2n) is 3.87. The highest BCUT2D eigenvalue weighted by molar-refractivity contribution is 5.53. The first-order valence-electron chi connectivity index (χ1n) is 5.83. The average molecular weight is 239 g/mol. The smallest absolute Gasteiger partial charge is 0.239 e. The van der Waals surface area contributed by atoms with E-state index in [-0.39, 0.29) is 6.10 Å². The van der Waals surface area contributed by atoms with Crippen molar-refractivity contribution in [1.29, 1.82) is 0 Å². The Bertz CT molecular complexity index is 345. The summed E-state index contributed by atoms with van der Waals surface area (Å²) in [5, 5.41) is 3.17. The topological polar surface area (TPSA) is 69.4 Å². The summed E-state index contributed by atoms with van der Waals surface area (Å²) >= 11 is 0.